The molecule has 0 bridgehead atoms. The molecule has 1 aliphatic heterocycles. The maximum atomic E-state index is 9.44. The molecule has 2 heteroatoms. The molecular formula is C18H26N2. The molecule has 0 saturated carbocycles. The van der Waals surface area contributed by atoms with Gasteiger partial charge >= 0.3 is 0 Å². The van der Waals surface area contributed by atoms with Gasteiger partial charge in [-0.25, -0.2) is 0 Å². The fourth-order valence-corrected chi connectivity index (χ4v) is 3.20. The average molecular weight is 270 g/mol. The maximum Gasteiger partial charge on any atom is 0.0839 e. The first-order valence-corrected chi connectivity index (χ1v) is 7.87. The van der Waals surface area contributed by atoms with Crippen LogP contribution >= 0.6 is 0 Å². The molecule has 0 N–H and O–H groups in total. The predicted octanol–water partition coefficient (Wildman–Crippen LogP) is 4.05. The Morgan fingerprint density at radius 3 is 2.60 bits per heavy atom. The molecule has 2 rings (SSSR count). The van der Waals surface area contributed by atoms with Crippen molar-refractivity contribution in [1.29, 1.82) is 5.26 Å². The van der Waals surface area contributed by atoms with Crippen molar-refractivity contribution < 1.29 is 0 Å². The normalized spacial score (nSPS) is 22.2. The topological polar surface area (TPSA) is 27.0 Å². The zero-order valence-corrected chi connectivity index (χ0v) is 12.8. The van der Waals surface area contributed by atoms with Crippen LogP contribution in [-0.4, -0.2) is 24.5 Å². The van der Waals surface area contributed by atoms with Crippen molar-refractivity contribution in [3.05, 3.63) is 35.9 Å². The molecule has 2 unspecified atom stereocenters. The number of benzene rings is 1. The van der Waals surface area contributed by atoms with Crippen LogP contribution in [0, 0.1) is 23.2 Å². The van der Waals surface area contributed by atoms with Gasteiger partial charge in [0, 0.05) is 6.54 Å². The highest BCUT2D eigenvalue weighted by atomic mass is 15.1. The summed E-state index contributed by atoms with van der Waals surface area (Å²) in [5, 5.41) is 9.44. The van der Waals surface area contributed by atoms with Crippen molar-refractivity contribution in [2.75, 3.05) is 19.6 Å². The molecule has 1 aliphatic rings. The molecular weight excluding hydrogens is 244 g/mol. The first kappa shape index (κ1) is 15.1. The van der Waals surface area contributed by atoms with E-state index in [1.807, 2.05) is 18.2 Å². The van der Waals surface area contributed by atoms with E-state index in [-0.39, 0.29) is 5.92 Å². The molecule has 108 valence electrons. The van der Waals surface area contributed by atoms with Gasteiger partial charge in [-0.2, -0.15) is 5.26 Å². The zero-order chi connectivity index (χ0) is 14.4. The summed E-state index contributed by atoms with van der Waals surface area (Å²) < 4.78 is 0. The van der Waals surface area contributed by atoms with Gasteiger partial charge < -0.3 is 4.90 Å². The fraction of sp³-hybridized carbons (Fsp3) is 0.611. The van der Waals surface area contributed by atoms with E-state index in [4.69, 9.17) is 0 Å². The third-order valence-electron chi connectivity index (χ3n) is 4.61. The first-order valence-electron chi connectivity index (χ1n) is 7.87. The lowest BCUT2D eigenvalue weighted by molar-refractivity contribution is 0.267. The summed E-state index contributed by atoms with van der Waals surface area (Å²) in [7, 11) is 0. The molecule has 2 atom stereocenters. The van der Waals surface area contributed by atoms with Crippen molar-refractivity contribution in [3.8, 4) is 6.07 Å². The van der Waals surface area contributed by atoms with Gasteiger partial charge in [-0.15, -0.1) is 0 Å². The monoisotopic (exact) mass is 270 g/mol. The molecule has 1 heterocycles. The number of likely N-dealkylation sites (tertiary alicyclic amines) is 1. The zero-order valence-electron chi connectivity index (χ0n) is 12.8. The molecule has 20 heavy (non-hydrogen) atoms. The maximum absolute atomic E-state index is 9.44. The highest BCUT2D eigenvalue weighted by Crippen LogP contribution is 2.26. The van der Waals surface area contributed by atoms with E-state index in [1.54, 1.807) is 0 Å². The smallest absolute Gasteiger partial charge is 0.0839 e. The quantitative estimate of drug-likeness (QED) is 0.825. The number of rotatable bonds is 4. The second-order valence-electron chi connectivity index (χ2n) is 6.33. The van der Waals surface area contributed by atoms with Crippen LogP contribution < -0.4 is 0 Å². The lowest BCUT2D eigenvalue weighted by Gasteiger charge is -2.23. The summed E-state index contributed by atoms with van der Waals surface area (Å²) in [6.45, 7) is 7.85. The Labute approximate surface area is 123 Å². The van der Waals surface area contributed by atoms with Crippen LogP contribution in [0.2, 0.25) is 0 Å². The van der Waals surface area contributed by atoms with Gasteiger partial charge in [-0.05, 0) is 49.8 Å². The van der Waals surface area contributed by atoms with Crippen LogP contribution in [0.5, 0.6) is 0 Å². The molecule has 0 aliphatic carbocycles. The molecule has 0 spiro atoms. The van der Waals surface area contributed by atoms with Crippen LogP contribution in [0.15, 0.2) is 30.3 Å². The highest BCUT2D eigenvalue weighted by molar-refractivity contribution is 5.25. The van der Waals surface area contributed by atoms with Crippen molar-refractivity contribution >= 4 is 0 Å². The van der Waals surface area contributed by atoms with E-state index in [2.05, 4.69) is 36.9 Å². The van der Waals surface area contributed by atoms with Crippen LogP contribution in [0.4, 0.5) is 0 Å². The minimum absolute atomic E-state index is 0.00630. The van der Waals surface area contributed by atoms with E-state index >= 15 is 0 Å². The molecule has 0 radical (unpaired) electrons. The van der Waals surface area contributed by atoms with Gasteiger partial charge in [0.2, 0.25) is 0 Å². The summed E-state index contributed by atoms with van der Waals surface area (Å²) in [5.41, 5.74) is 1.15. The highest BCUT2D eigenvalue weighted by Gasteiger charge is 2.22. The number of hydrogen-bond donors (Lipinski definition) is 0. The molecule has 1 aromatic rings. The Balaban J connectivity index is 1.94. The average Bonchev–Trinajstić information content (AvgIpc) is 2.71. The third kappa shape index (κ3) is 4.08. The van der Waals surface area contributed by atoms with Crippen LogP contribution in [0.1, 0.15) is 44.6 Å². The standard InChI is InChI=1S/C18H26N2/c1-15(2)16-9-6-11-20(12-10-16)14-18(13-19)17-7-4-3-5-8-17/h3-5,7-8,15-16,18H,6,9-12,14H2,1-2H3. The number of nitriles is 1. The van der Waals surface area contributed by atoms with Crippen LogP contribution in [0.25, 0.3) is 0 Å². The summed E-state index contributed by atoms with van der Waals surface area (Å²) in [6.07, 6.45) is 3.90. The lowest BCUT2D eigenvalue weighted by atomic mass is 9.89. The minimum atomic E-state index is 0.00630. The molecule has 1 aromatic carbocycles. The van der Waals surface area contributed by atoms with Gasteiger partial charge in [0.1, 0.15) is 0 Å². The van der Waals surface area contributed by atoms with E-state index in [1.165, 1.54) is 19.3 Å². The molecule has 0 amide bonds. The Kier molecular flexibility index (Phi) is 5.61. The van der Waals surface area contributed by atoms with E-state index < -0.39 is 0 Å². The second kappa shape index (κ2) is 7.45. The lowest BCUT2D eigenvalue weighted by Crippen LogP contribution is -2.29. The van der Waals surface area contributed by atoms with Crippen molar-refractivity contribution in [1.82, 2.24) is 4.90 Å². The second-order valence-corrected chi connectivity index (χ2v) is 6.33. The molecule has 2 nitrogen and oxygen atoms in total. The summed E-state index contributed by atoms with van der Waals surface area (Å²) in [4.78, 5) is 2.49. The fourth-order valence-electron chi connectivity index (χ4n) is 3.20. The van der Waals surface area contributed by atoms with E-state index in [0.29, 0.717) is 0 Å². The summed E-state index contributed by atoms with van der Waals surface area (Å²) in [6, 6.07) is 12.7. The van der Waals surface area contributed by atoms with Gasteiger partial charge in [-0.1, -0.05) is 44.2 Å². The van der Waals surface area contributed by atoms with Gasteiger partial charge in [-0.3, -0.25) is 0 Å². The van der Waals surface area contributed by atoms with E-state index in [0.717, 1.165) is 37.0 Å². The molecule has 0 aromatic heterocycles. The number of nitrogens with zero attached hydrogens (tertiary/aromatic N) is 2. The van der Waals surface area contributed by atoms with Crippen LogP contribution in [0.3, 0.4) is 0 Å². The van der Waals surface area contributed by atoms with Crippen molar-refractivity contribution in [2.24, 2.45) is 11.8 Å². The predicted molar refractivity (Wildman–Crippen MR) is 83.4 cm³/mol. The van der Waals surface area contributed by atoms with Gasteiger partial charge in [0.15, 0.2) is 0 Å². The van der Waals surface area contributed by atoms with Gasteiger partial charge in [0.05, 0.1) is 12.0 Å². The first-order chi connectivity index (χ1) is 9.70. The minimum Gasteiger partial charge on any atom is -0.302 e. The third-order valence-corrected chi connectivity index (χ3v) is 4.61. The van der Waals surface area contributed by atoms with Crippen molar-refractivity contribution in [2.45, 2.75) is 39.0 Å². The molecule has 1 fully saturated rings. The van der Waals surface area contributed by atoms with Crippen LogP contribution in [-0.2, 0) is 0 Å². The number of hydrogen-bond acceptors (Lipinski definition) is 2. The largest absolute Gasteiger partial charge is 0.302 e. The Morgan fingerprint density at radius 1 is 1.20 bits per heavy atom. The Morgan fingerprint density at radius 2 is 1.95 bits per heavy atom. The molecule has 1 saturated heterocycles. The Bertz CT molecular complexity index is 432. The SMILES string of the molecule is CC(C)C1CCCN(CC(C#N)c2ccccc2)CC1. The Hall–Kier alpha value is -1.33. The van der Waals surface area contributed by atoms with E-state index in [9.17, 15) is 5.26 Å². The summed E-state index contributed by atoms with van der Waals surface area (Å²) in [5.74, 6) is 1.65. The van der Waals surface area contributed by atoms with Crippen molar-refractivity contribution in [3.63, 3.8) is 0 Å². The van der Waals surface area contributed by atoms with Gasteiger partial charge in [0.25, 0.3) is 0 Å². The summed E-state index contributed by atoms with van der Waals surface area (Å²) >= 11 is 0.